The maximum atomic E-state index is 13.3. The minimum Gasteiger partial charge on any atom is -0.726 e. The summed E-state index contributed by atoms with van der Waals surface area (Å²) in [7, 11) is -10.2. The van der Waals surface area contributed by atoms with Crippen LogP contribution in [0.25, 0.3) is 0 Å². The van der Waals surface area contributed by atoms with Crippen LogP contribution < -0.4 is 61.4 Å². The van der Waals surface area contributed by atoms with Crippen molar-refractivity contribution in [3.63, 3.8) is 0 Å². The van der Waals surface area contributed by atoms with E-state index in [9.17, 15) is 52.3 Å². The fourth-order valence-electron chi connectivity index (χ4n) is 2.48. The molecule has 0 bridgehead atoms. The summed E-state index contributed by atoms with van der Waals surface area (Å²) < 4.78 is 172. The third kappa shape index (κ3) is 15.6. The van der Waals surface area contributed by atoms with E-state index in [4.69, 9.17) is 14.2 Å². The minimum atomic E-state index is -5.10. The van der Waals surface area contributed by atoms with Crippen molar-refractivity contribution in [3.8, 4) is 34.5 Å². The van der Waals surface area contributed by atoms with E-state index in [0.29, 0.717) is 0 Å². The Balaban J connectivity index is 0.00000882. The first kappa shape index (κ1) is 40.4. The zero-order valence-corrected chi connectivity index (χ0v) is 23.3. The third-order valence-corrected chi connectivity index (χ3v) is 4.81. The van der Waals surface area contributed by atoms with Gasteiger partial charge < -0.3 is 32.8 Å². The van der Waals surface area contributed by atoms with Crippen molar-refractivity contribution in [1.82, 2.24) is 0 Å². The molecule has 2 aromatic rings. The number of ether oxygens (including phenoxy) is 5. The van der Waals surface area contributed by atoms with E-state index in [2.05, 4.69) is 17.8 Å². The van der Waals surface area contributed by atoms with Crippen LogP contribution in [0.3, 0.4) is 0 Å². The number of hydrogen-bond acceptors (Lipinski definition) is 13. The Bertz CT molecular complexity index is 1390. The number of halogens is 6. The van der Waals surface area contributed by atoms with Gasteiger partial charge in [0, 0.05) is 12.1 Å². The van der Waals surface area contributed by atoms with E-state index >= 15 is 0 Å². The molecule has 0 aromatic heterocycles. The molecule has 2 aromatic carbocycles. The molecule has 0 saturated heterocycles. The number of rotatable bonds is 16. The van der Waals surface area contributed by atoms with Gasteiger partial charge in [-0.05, 0) is 24.3 Å². The summed E-state index contributed by atoms with van der Waals surface area (Å²) >= 11 is 0. The van der Waals surface area contributed by atoms with Crippen LogP contribution in [-0.2, 0) is 29.2 Å². The average Bonchev–Trinajstić information content (AvgIpc) is 2.85. The Labute approximate surface area is 263 Å². The molecule has 0 aliphatic rings. The van der Waals surface area contributed by atoms with Crippen LogP contribution in [0.1, 0.15) is 0 Å². The fraction of sp³-hybridized carbons (Fsp3) is 0.200. The minimum absolute atomic E-state index is 0. The van der Waals surface area contributed by atoms with E-state index in [0.717, 1.165) is 36.4 Å². The van der Waals surface area contributed by atoms with E-state index in [1.165, 1.54) is 0 Å². The number of hydrogen-bond donors (Lipinski definition) is 0. The predicted molar refractivity (Wildman–Crippen MR) is 117 cm³/mol. The first-order valence-electron chi connectivity index (χ1n) is 10.2. The monoisotopic (exact) mass is 654 g/mol. The standard InChI is InChI=1S/C20H16F6O13S2.2Li/c21-17(22)19(25)38-13-3-1-11(9-15(13)33-5-7-35-40(27,28)29)37-12-2-4-14(39-20(26)18(23)24)16(10-12)34-6-8-36-41(30,31)32;;/h1-4,9-10H,5-8H2,(H,27,28,29)(H,30,31,32);;/q;2*+1/p-2. The molecule has 2 rings (SSSR count). The van der Waals surface area contributed by atoms with Crippen LogP contribution in [0, 0.1) is 0 Å². The molecule has 23 heteroatoms. The Morgan fingerprint density at radius 2 is 0.930 bits per heavy atom. The smallest absolute Gasteiger partial charge is 0.726 e. The maximum absolute atomic E-state index is 13.3. The van der Waals surface area contributed by atoms with Crippen LogP contribution in [0.5, 0.6) is 34.5 Å². The largest absolute Gasteiger partial charge is 1.00 e. The van der Waals surface area contributed by atoms with Crippen LogP contribution in [0.15, 0.2) is 60.6 Å². The van der Waals surface area contributed by atoms with Crippen molar-refractivity contribution in [2.45, 2.75) is 0 Å². The Kier molecular flexibility index (Phi) is 17.2. The molecule has 0 radical (unpaired) electrons. The molecule has 0 saturated carbocycles. The average molecular weight is 654 g/mol. The summed E-state index contributed by atoms with van der Waals surface area (Å²) in [6.07, 6.45) is -5.66. The molecular weight excluding hydrogens is 640 g/mol. The molecule has 0 fully saturated rings. The van der Waals surface area contributed by atoms with Gasteiger partial charge in [-0.2, -0.15) is 26.3 Å². The van der Waals surface area contributed by atoms with Crippen molar-refractivity contribution >= 4 is 20.8 Å². The molecule has 0 aliphatic carbocycles. The predicted octanol–water partition coefficient (Wildman–Crippen LogP) is -1.97. The summed E-state index contributed by atoms with van der Waals surface area (Å²) in [5.41, 5.74) is 0. The van der Waals surface area contributed by atoms with Gasteiger partial charge >= 0.3 is 61.9 Å². The van der Waals surface area contributed by atoms with Gasteiger partial charge in [-0.25, -0.2) is 16.8 Å². The molecule has 0 N–H and O–H groups in total. The zero-order valence-electron chi connectivity index (χ0n) is 21.7. The van der Waals surface area contributed by atoms with Crippen LogP contribution in [-0.4, -0.2) is 52.4 Å². The van der Waals surface area contributed by atoms with E-state index < -0.39 is 94.4 Å². The van der Waals surface area contributed by atoms with Crippen LogP contribution >= 0.6 is 0 Å². The molecule has 0 atom stereocenters. The van der Waals surface area contributed by atoms with Gasteiger partial charge in [-0.1, -0.05) is 0 Å². The van der Waals surface area contributed by atoms with Crippen molar-refractivity contribution in [2.75, 3.05) is 26.4 Å². The van der Waals surface area contributed by atoms with E-state index in [-0.39, 0.29) is 49.2 Å². The molecular formula is C20H14F6Li2O13S2. The maximum Gasteiger partial charge on any atom is 1.00 e. The van der Waals surface area contributed by atoms with E-state index in [1.807, 2.05) is 0 Å². The van der Waals surface area contributed by atoms with Gasteiger partial charge in [-0.15, -0.1) is 0 Å². The first-order valence-corrected chi connectivity index (χ1v) is 12.9. The van der Waals surface area contributed by atoms with Crippen molar-refractivity contribution in [2.24, 2.45) is 0 Å². The third-order valence-electron chi connectivity index (χ3n) is 3.90. The molecule has 0 heterocycles. The van der Waals surface area contributed by atoms with Crippen LogP contribution in [0.2, 0.25) is 0 Å². The van der Waals surface area contributed by atoms with E-state index in [1.54, 1.807) is 0 Å². The summed E-state index contributed by atoms with van der Waals surface area (Å²) in [6.45, 7) is -3.04. The van der Waals surface area contributed by atoms with Gasteiger partial charge in [0.1, 0.15) is 24.7 Å². The van der Waals surface area contributed by atoms with Gasteiger partial charge in [0.15, 0.2) is 23.0 Å². The van der Waals surface area contributed by atoms with Gasteiger partial charge in [0.05, 0.1) is 13.2 Å². The molecule has 43 heavy (non-hydrogen) atoms. The van der Waals surface area contributed by atoms with Crippen LogP contribution in [0.4, 0.5) is 26.3 Å². The Morgan fingerprint density at radius 3 is 1.23 bits per heavy atom. The first-order chi connectivity index (χ1) is 19.0. The Morgan fingerprint density at radius 1 is 0.581 bits per heavy atom. The topological polar surface area (TPSA) is 179 Å². The number of benzene rings is 2. The summed E-state index contributed by atoms with van der Waals surface area (Å²) in [4.78, 5) is 0. The SMILES string of the molecule is O=S(=O)([O-])OCCOc1cc(Oc2ccc(OC(F)=C(F)F)c(OCCOS(=O)(=O)[O-])c2)ccc1OC(F)=C(F)F.[Li+].[Li+]. The summed E-state index contributed by atoms with van der Waals surface area (Å²) in [5.74, 6) is -2.80. The molecule has 0 unspecified atom stereocenters. The molecule has 0 amide bonds. The molecule has 0 spiro atoms. The Hall–Kier alpha value is -2.57. The van der Waals surface area contributed by atoms with Gasteiger partial charge in [0.2, 0.25) is 20.8 Å². The second-order valence-corrected chi connectivity index (χ2v) is 8.85. The second kappa shape index (κ2) is 18.3. The summed E-state index contributed by atoms with van der Waals surface area (Å²) in [5, 5.41) is 0. The molecule has 228 valence electrons. The van der Waals surface area contributed by atoms with Crippen molar-refractivity contribution in [3.05, 3.63) is 60.6 Å². The zero-order chi connectivity index (χ0) is 30.8. The molecule has 13 nitrogen and oxygen atoms in total. The van der Waals surface area contributed by atoms with Crippen molar-refractivity contribution in [1.29, 1.82) is 0 Å². The second-order valence-electron chi connectivity index (χ2n) is 6.75. The van der Waals surface area contributed by atoms with Gasteiger partial charge in [-0.3, -0.25) is 8.37 Å². The van der Waals surface area contributed by atoms with Crippen molar-refractivity contribution < 1.29 is 122 Å². The quantitative estimate of drug-likeness (QED) is 0.0487. The fourth-order valence-corrected chi connectivity index (χ4v) is 3.02. The molecule has 0 aliphatic heterocycles. The summed E-state index contributed by atoms with van der Waals surface area (Å²) in [6, 6.07) is 1.03. The normalized spacial score (nSPS) is 10.9. The van der Waals surface area contributed by atoms with Gasteiger partial charge in [0.25, 0.3) is 0 Å².